The summed E-state index contributed by atoms with van der Waals surface area (Å²) in [6.45, 7) is 1.70. The SMILES string of the molecule is Cc1cc(CO)c(=O)n(C)c1. The van der Waals surface area contributed by atoms with Gasteiger partial charge in [-0.2, -0.15) is 0 Å². The van der Waals surface area contributed by atoms with Crippen LogP contribution in [-0.4, -0.2) is 9.67 Å². The van der Waals surface area contributed by atoms with Gasteiger partial charge in [-0.3, -0.25) is 4.79 Å². The molecule has 1 aromatic heterocycles. The van der Waals surface area contributed by atoms with E-state index in [4.69, 9.17) is 5.11 Å². The van der Waals surface area contributed by atoms with E-state index < -0.39 is 0 Å². The summed E-state index contributed by atoms with van der Waals surface area (Å²) in [4.78, 5) is 11.2. The minimum Gasteiger partial charge on any atom is -0.391 e. The molecule has 11 heavy (non-hydrogen) atoms. The summed E-state index contributed by atoms with van der Waals surface area (Å²) in [6.07, 6.45) is 1.74. The molecule has 3 heteroatoms. The molecular formula is C8H11NO2. The first kappa shape index (κ1) is 8.01. The van der Waals surface area contributed by atoms with Crippen LogP contribution in [0.25, 0.3) is 0 Å². The van der Waals surface area contributed by atoms with Gasteiger partial charge >= 0.3 is 0 Å². The molecule has 1 heterocycles. The number of rotatable bonds is 1. The first-order valence-corrected chi connectivity index (χ1v) is 3.42. The Morgan fingerprint density at radius 3 is 2.82 bits per heavy atom. The van der Waals surface area contributed by atoms with E-state index in [2.05, 4.69) is 0 Å². The van der Waals surface area contributed by atoms with E-state index >= 15 is 0 Å². The van der Waals surface area contributed by atoms with Crippen molar-refractivity contribution in [3.05, 3.63) is 33.7 Å². The second-order valence-electron chi connectivity index (χ2n) is 2.62. The van der Waals surface area contributed by atoms with Crippen LogP contribution in [0.2, 0.25) is 0 Å². The summed E-state index contributed by atoms with van der Waals surface area (Å²) >= 11 is 0. The highest BCUT2D eigenvalue weighted by molar-refractivity contribution is 5.16. The minimum absolute atomic E-state index is 0.127. The number of nitrogens with zero attached hydrogens (tertiary/aromatic N) is 1. The molecular weight excluding hydrogens is 142 g/mol. The number of hydrogen-bond acceptors (Lipinski definition) is 2. The van der Waals surface area contributed by atoms with Crippen LogP contribution in [0.4, 0.5) is 0 Å². The van der Waals surface area contributed by atoms with Crippen molar-refractivity contribution in [3.63, 3.8) is 0 Å². The molecule has 0 fully saturated rings. The van der Waals surface area contributed by atoms with Gasteiger partial charge in [-0.05, 0) is 18.6 Å². The molecule has 0 amide bonds. The number of hydrogen-bond donors (Lipinski definition) is 1. The maximum Gasteiger partial charge on any atom is 0.255 e. The summed E-state index contributed by atoms with van der Waals surface area (Å²) in [6, 6.07) is 1.70. The maximum absolute atomic E-state index is 11.2. The van der Waals surface area contributed by atoms with Gasteiger partial charge in [0.1, 0.15) is 0 Å². The summed E-state index contributed by atoms with van der Waals surface area (Å²) in [5.74, 6) is 0. The predicted octanol–water partition coefficient (Wildman–Crippen LogP) is 0.186. The van der Waals surface area contributed by atoms with E-state index in [9.17, 15) is 4.79 Å². The van der Waals surface area contributed by atoms with Crippen molar-refractivity contribution in [2.24, 2.45) is 7.05 Å². The molecule has 1 N–H and O–H groups in total. The Kier molecular flexibility index (Phi) is 2.10. The molecule has 0 spiro atoms. The van der Waals surface area contributed by atoms with Crippen molar-refractivity contribution >= 4 is 0 Å². The Bertz CT molecular complexity index is 314. The standard InChI is InChI=1S/C8H11NO2/c1-6-3-7(5-10)8(11)9(2)4-6/h3-4,10H,5H2,1-2H3. The summed E-state index contributed by atoms with van der Waals surface area (Å²) in [7, 11) is 1.68. The van der Waals surface area contributed by atoms with Crippen LogP contribution in [0.3, 0.4) is 0 Å². The summed E-state index contributed by atoms with van der Waals surface area (Å²) in [5, 5.41) is 8.75. The van der Waals surface area contributed by atoms with Crippen LogP contribution in [0, 0.1) is 6.92 Å². The fourth-order valence-electron chi connectivity index (χ4n) is 1.08. The van der Waals surface area contributed by atoms with Gasteiger partial charge in [0.2, 0.25) is 0 Å². The van der Waals surface area contributed by atoms with Crippen molar-refractivity contribution < 1.29 is 5.11 Å². The Morgan fingerprint density at radius 1 is 1.64 bits per heavy atom. The number of aryl methyl sites for hydroxylation is 2. The van der Waals surface area contributed by atoms with Crippen LogP contribution in [0.15, 0.2) is 17.1 Å². The molecule has 0 unspecified atom stereocenters. The third-order valence-corrected chi connectivity index (χ3v) is 1.56. The van der Waals surface area contributed by atoms with Crippen LogP contribution >= 0.6 is 0 Å². The van der Waals surface area contributed by atoms with Gasteiger partial charge < -0.3 is 9.67 Å². The van der Waals surface area contributed by atoms with Gasteiger partial charge in [0.25, 0.3) is 5.56 Å². The predicted molar refractivity (Wildman–Crippen MR) is 42.3 cm³/mol. The smallest absolute Gasteiger partial charge is 0.255 e. The van der Waals surface area contributed by atoms with Crippen LogP contribution in [0.1, 0.15) is 11.1 Å². The molecule has 0 radical (unpaired) electrons. The van der Waals surface area contributed by atoms with E-state index in [1.165, 1.54) is 4.57 Å². The Hall–Kier alpha value is -1.09. The number of aliphatic hydroxyl groups excluding tert-OH is 1. The Balaban J connectivity index is 3.37. The topological polar surface area (TPSA) is 42.2 Å². The molecule has 0 aromatic carbocycles. The van der Waals surface area contributed by atoms with Gasteiger partial charge in [0, 0.05) is 18.8 Å². The van der Waals surface area contributed by atoms with Crippen molar-refractivity contribution in [1.82, 2.24) is 4.57 Å². The molecule has 1 rings (SSSR count). The van der Waals surface area contributed by atoms with Gasteiger partial charge in [-0.1, -0.05) is 0 Å². The first-order valence-electron chi connectivity index (χ1n) is 3.42. The lowest BCUT2D eigenvalue weighted by Crippen LogP contribution is -2.20. The fraction of sp³-hybridized carbons (Fsp3) is 0.375. The van der Waals surface area contributed by atoms with Crippen molar-refractivity contribution in [2.45, 2.75) is 13.5 Å². The molecule has 0 saturated carbocycles. The lowest BCUT2D eigenvalue weighted by molar-refractivity contribution is 0.279. The van der Waals surface area contributed by atoms with E-state index in [-0.39, 0.29) is 12.2 Å². The van der Waals surface area contributed by atoms with Crippen molar-refractivity contribution in [2.75, 3.05) is 0 Å². The first-order chi connectivity index (χ1) is 5.15. The molecule has 3 nitrogen and oxygen atoms in total. The zero-order valence-corrected chi connectivity index (χ0v) is 6.66. The zero-order chi connectivity index (χ0) is 8.43. The third-order valence-electron chi connectivity index (χ3n) is 1.56. The monoisotopic (exact) mass is 153 g/mol. The number of aliphatic hydroxyl groups is 1. The highest BCUT2D eigenvalue weighted by atomic mass is 16.3. The van der Waals surface area contributed by atoms with E-state index in [1.807, 2.05) is 6.92 Å². The average molecular weight is 153 g/mol. The van der Waals surface area contributed by atoms with Gasteiger partial charge in [0.05, 0.1) is 6.61 Å². The molecule has 1 aromatic rings. The quantitative estimate of drug-likeness (QED) is 0.625. The highest BCUT2D eigenvalue weighted by Crippen LogP contribution is 1.96. The number of aromatic nitrogens is 1. The minimum atomic E-state index is -0.186. The largest absolute Gasteiger partial charge is 0.391 e. The molecule has 0 aliphatic heterocycles. The Morgan fingerprint density at radius 2 is 2.27 bits per heavy atom. The molecule has 0 atom stereocenters. The van der Waals surface area contributed by atoms with E-state index in [0.717, 1.165) is 5.56 Å². The van der Waals surface area contributed by atoms with Crippen molar-refractivity contribution in [1.29, 1.82) is 0 Å². The highest BCUT2D eigenvalue weighted by Gasteiger charge is 1.99. The molecule has 0 saturated heterocycles. The lowest BCUT2D eigenvalue weighted by Gasteiger charge is -2.01. The van der Waals surface area contributed by atoms with Crippen LogP contribution in [-0.2, 0) is 13.7 Å². The van der Waals surface area contributed by atoms with Crippen molar-refractivity contribution in [3.8, 4) is 0 Å². The van der Waals surface area contributed by atoms with Crippen LogP contribution < -0.4 is 5.56 Å². The average Bonchev–Trinajstić information content (AvgIpc) is 1.96. The maximum atomic E-state index is 11.2. The van der Waals surface area contributed by atoms with Gasteiger partial charge in [-0.15, -0.1) is 0 Å². The molecule has 0 aliphatic rings. The normalized spacial score (nSPS) is 10.1. The van der Waals surface area contributed by atoms with Gasteiger partial charge in [-0.25, -0.2) is 0 Å². The second kappa shape index (κ2) is 2.88. The van der Waals surface area contributed by atoms with E-state index in [1.54, 1.807) is 19.3 Å². The summed E-state index contributed by atoms with van der Waals surface area (Å²) < 4.78 is 1.47. The Labute approximate surface area is 64.9 Å². The summed E-state index contributed by atoms with van der Waals surface area (Å²) in [5.41, 5.74) is 1.31. The lowest BCUT2D eigenvalue weighted by atomic mass is 10.2. The van der Waals surface area contributed by atoms with Crippen LogP contribution in [0.5, 0.6) is 0 Å². The van der Waals surface area contributed by atoms with E-state index in [0.29, 0.717) is 5.56 Å². The zero-order valence-electron chi connectivity index (χ0n) is 6.66. The molecule has 60 valence electrons. The fourth-order valence-corrected chi connectivity index (χ4v) is 1.08. The molecule has 0 aliphatic carbocycles. The second-order valence-corrected chi connectivity index (χ2v) is 2.62. The molecule has 0 bridgehead atoms. The third kappa shape index (κ3) is 1.49. The van der Waals surface area contributed by atoms with Gasteiger partial charge in [0.15, 0.2) is 0 Å². The number of pyridine rings is 1.